The van der Waals surface area contributed by atoms with E-state index in [1.165, 1.54) is 10.7 Å². The van der Waals surface area contributed by atoms with Crippen LogP contribution in [-0.2, 0) is 0 Å². The molecule has 0 amide bonds. The number of hydrogen-bond acceptors (Lipinski definition) is 2. The molecule has 0 aliphatic heterocycles. The van der Waals surface area contributed by atoms with E-state index in [0.717, 1.165) is 10.7 Å². The topological polar surface area (TPSA) is 30.2 Å². The second-order valence-corrected chi connectivity index (χ2v) is 2.89. The largest absolute Gasteiger partial charge is 0.233 e. The molecule has 0 atom stereocenters. The first-order chi connectivity index (χ1) is 5.27. The maximum atomic E-state index is 12.5. The van der Waals surface area contributed by atoms with E-state index < -0.39 is 5.82 Å². The van der Waals surface area contributed by atoms with E-state index in [0.29, 0.717) is 5.65 Å². The zero-order valence-electron chi connectivity index (χ0n) is 5.33. The van der Waals surface area contributed by atoms with Crippen molar-refractivity contribution in [2.24, 2.45) is 0 Å². The van der Waals surface area contributed by atoms with Gasteiger partial charge >= 0.3 is 0 Å². The molecule has 11 heavy (non-hydrogen) atoms. The molecule has 3 nitrogen and oxygen atoms in total. The van der Waals surface area contributed by atoms with Crippen LogP contribution in [0.15, 0.2) is 23.1 Å². The molecule has 2 aromatic rings. The Hall–Kier alpha value is -0.970. The molecular formula is C6H3BrFN3. The molecule has 2 heterocycles. The SMILES string of the molecule is Fc1cnc2c(Br)cnn2c1. The highest BCUT2D eigenvalue weighted by Gasteiger charge is 2.01. The standard InChI is InChI=1S/C6H3BrFN3/c7-5-2-10-11-3-4(8)1-9-6(5)11/h1-3H. The van der Waals surface area contributed by atoms with Crippen molar-refractivity contribution in [1.29, 1.82) is 0 Å². The van der Waals surface area contributed by atoms with E-state index >= 15 is 0 Å². The van der Waals surface area contributed by atoms with Gasteiger partial charge in [-0.05, 0) is 15.9 Å². The molecule has 0 bridgehead atoms. The highest BCUT2D eigenvalue weighted by atomic mass is 79.9. The fourth-order valence-corrected chi connectivity index (χ4v) is 1.20. The highest BCUT2D eigenvalue weighted by molar-refractivity contribution is 9.10. The monoisotopic (exact) mass is 215 g/mol. The Balaban J connectivity index is 2.86. The van der Waals surface area contributed by atoms with Crippen molar-refractivity contribution in [2.45, 2.75) is 0 Å². The third-order valence-corrected chi connectivity index (χ3v) is 1.84. The van der Waals surface area contributed by atoms with Crippen LogP contribution in [-0.4, -0.2) is 14.6 Å². The number of rotatable bonds is 0. The summed E-state index contributed by atoms with van der Waals surface area (Å²) in [5.41, 5.74) is 0.617. The van der Waals surface area contributed by atoms with Gasteiger partial charge in [0, 0.05) is 0 Å². The molecular weight excluding hydrogens is 213 g/mol. The first kappa shape index (κ1) is 6.72. The summed E-state index contributed by atoms with van der Waals surface area (Å²) in [4.78, 5) is 3.82. The summed E-state index contributed by atoms with van der Waals surface area (Å²) in [7, 11) is 0. The highest BCUT2D eigenvalue weighted by Crippen LogP contribution is 2.14. The van der Waals surface area contributed by atoms with Gasteiger partial charge in [-0.2, -0.15) is 5.10 Å². The van der Waals surface area contributed by atoms with Crippen LogP contribution in [0.3, 0.4) is 0 Å². The minimum Gasteiger partial charge on any atom is -0.233 e. The molecule has 0 aliphatic carbocycles. The Morgan fingerprint density at radius 3 is 3.09 bits per heavy atom. The first-order valence-corrected chi connectivity index (χ1v) is 3.71. The molecule has 2 rings (SSSR count). The minimum atomic E-state index is -0.395. The van der Waals surface area contributed by atoms with Crippen LogP contribution in [0.4, 0.5) is 4.39 Å². The molecule has 5 heteroatoms. The van der Waals surface area contributed by atoms with E-state index in [4.69, 9.17) is 0 Å². The van der Waals surface area contributed by atoms with E-state index in [-0.39, 0.29) is 0 Å². The lowest BCUT2D eigenvalue weighted by Crippen LogP contribution is -1.90. The summed E-state index contributed by atoms with van der Waals surface area (Å²) >= 11 is 3.22. The van der Waals surface area contributed by atoms with Crippen LogP contribution in [0.5, 0.6) is 0 Å². The van der Waals surface area contributed by atoms with Gasteiger partial charge in [-0.1, -0.05) is 0 Å². The number of aromatic nitrogens is 3. The summed E-state index contributed by atoms with van der Waals surface area (Å²) in [6.45, 7) is 0. The van der Waals surface area contributed by atoms with Gasteiger partial charge in [0.25, 0.3) is 0 Å². The van der Waals surface area contributed by atoms with Crippen molar-refractivity contribution < 1.29 is 4.39 Å². The van der Waals surface area contributed by atoms with Crippen LogP contribution >= 0.6 is 15.9 Å². The van der Waals surface area contributed by atoms with Crippen LogP contribution < -0.4 is 0 Å². The summed E-state index contributed by atoms with van der Waals surface area (Å²) in [6, 6.07) is 0. The van der Waals surface area contributed by atoms with Crippen LogP contribution in [0.25, 0.3) is 5.65 Å². The zero-order chi connectivity index (χ0) is 7.84. The van der Waals surface area contributed by atoms with Crippen molar-refractivity contribution in [2.75, 3.05) is 0 Å². The van der Waals surface area contributed by atoms with Gasteiger partial charge in [0.2, 0.25) is 0 Å². The minimum absolute atomic E-state index is 0.395. The number of hydrogen-bond donors (Lipinski definition) is 0. The number of halogens is 2. The lowest BCUT2D eigenvalue weighted by atomic mass is 10.6. The smallest absolute Gasteiger partial charge is 0.169 e. The Kier molecular flexibility index (Phi) is 1.38. The van der Waals surface area contributed by atoms with E-state index in [1.807, 2.05) is 0 Å². The fraction of sp³-hybridized carbons (Fsp3) is 0. The molecule has 0 N–H and O–H groups in total. The van der Waals surface area contributed by atoms with Gasteiger partial charge < -0.3 is 0 Å². The molecule has 0 aliphatic rings. The molecule has 0 radical (unpaired) electrons. The predicted octanol–water partition coefficient (Wildman–Crippen LogP) is 1.63. The van der Waals surface area contributed by atoms with Crippen LogP contribution in [0.2, 0.25) is 0 Å². The van der Waals surface area contributed by atoms with E-state index in [9.17, 15) is 4.39 Å². The van der Waals surface area contributed by atoms with E-state index in [2.05, 4.69) is 26.0 Å². The average Bonchev–Trinajstić information content (AvgIpc) is 2.32. The van der Waals surface area contributed by atoms with Gasteiger partial charge in [-0.15, -0.1) is 0 Å². The summed E-state index contributed by atoms with van der Waals surface area (Å²) < 4.78 is 14.6. The van der Waals surface area contributed by atoms with Crippen LogP contribution in [0.1, 0.15) is 0 Å². The number of fused-ring (bicyclic) bond motifs is 1. The van der Waals surface area contributed by atoms with Crippen molar-refractivity contribution in [3.05, 3.63) is 28.9 Å². The maximum Gasteiger partial charge on any atom is 0.169 e. The van der Waals surface area contributed by atoms with Gasteiger partial charge in [0.1, 0.15) is 0 Å². The summed E-state index contributed by atoms with van der Waals surface area (Å²) in [5, 5.41) is 3.85. The van der Waals surface area contributed by atoms with Crippen molar-refractivity contribution in [3.8, 4) is 0 Å². The zero-order valence-corrected chi connectivity index (χ0v) is 6.92. The molecule has 0 saturated heterocycles. The van der Waals surface area contributed by atoms with Gasteiger partial charge in [-0.3, -0.25) is 0 Å². The van der Waals surface area contributed by atoms with Gasteiger partial charge in [0.05, 0.1) is 23.1 Å². The number of nitrogens with zero attached hydrogens (tertiary/aromatic N) is 3. The first-order valence-electron chi connectivity index (χ1n) is 2.92. The third-order valence-electron chi connectivity index (χ3n) is 1.28. The summed E-state index contributed by atoms with van der Waals surface area (Å²) in [6.07, 6.45) is 4.00. The molecule has 2 aromatic heterocycles. The van der Waals surface area contributed by atoms with E-state index in [1.54, 1.807) is 6.20 Å². The van der Waals surface area contributed by atoms with Crippen molar-refractivity contribution >= 4 is 21.6 Å². The van der Waals surface area contributed by atoms with Crippen molar-refractivity contribution in [3.63, 3.8) is 0 Å². The maximum absolute atomic E-state index is 12.5. The Labute approximate surface area is 70.0 Å². The second kappa shape index (κ2) is 2.27. The molecule has 0 unspecified atom stereocenters. The third kappa shape index (κ3) is 1.01. The molecule has 56 valence electrons. The molecule has 0 saturated carbocycles. The Morgan fingerprint density at radius 2 is 2.27 bits per heavy atom. The summed E-state index contributed by atoms with van der Waals surface area (Å²) in [5.74, 6) is -0.395. The van der Waals surface area contributed by atoms with Gasteiger partial charge in [-0.25, -0.2) is 13.9 Å². The molecule has 0 spiro atoms. The predicted molar refractivity (Wildman–Crippen MR) is 40.6 cm³/mol. The molecule has 0 fully saturated rings. The second-order valence-electron chi connectivity index (χ2n) is 2.03. The Bertz CT molecular complexity index is 398. The Morgan fingerprint density at radius 1 is 1.45 bits per heavy atom. The lowest BCUT2D eigenvalue weighted by Gasteiger charge is -1.90. The normalized spacial score (nSPS) is 10.7. The lowest BCUT2D eigenvalue weighted by molar-refractivity contribution is 0.607. The quantitative estimate of drug-likeness (QED) is 0.669. The fourth-order valence-electron chi connectivity index (χ4n) is 0.823. The average molecular weight is 216 g/mol. The van der Waals surface area contributed by atoms with Gasteiger partial charge in [0.15, 0.2) is 11.5 Å². The molecule has 0 aromatic carbocycles. The van der Waals surface area contributed by atoms with Crippen LogP contribution in [0, 0.1) is 5.82 Å². The van der Waals surface area contributed by atoms with Crippen molar-refractivity contribution in [1.82, 2.24) is 14.6 Å².